The summed E-state index contributed by atoms with van der Waals surface area (Å²) in [6, 6.07) is 4.03. The van der Waals surface area contributed by atoms with Gasteiger partial charge in [-0.05, 0) is 50.8 Å². The zero-order valence-electron chi connectivity index (χ0n) is 15.3. The number of benzene rings is 1. The lowest BCUT2D eigenvalue weighted by atomic mass is 9.66. The van der Waals surface area contributed by atoms with E-state index in [0.717, 1.165) is 30.4 Å². The fourth-order valence-corrected chi connectivity index (χ4v) is 3.54. The van der Waals surface area contributed by atoms with Crippen molar-refractivity contribution in [2.45, 2.75) is 52.4 Å². The molecule has 4 nitrogen and oxygen atoms in total. The van der Waals surface area contributed by atoms with Crippen LogP contribution in [0.3, 0.4) is 0 Å². The van der Waals surface area contributed by atoms with Crippen LogP contribution in [0.25, 0.3) is 0 Å². The molecule has 4 heteroatoms. The van der Waals surface area contributed by atoms with Crippen molar-refractivity contribution >= 4 is 5.97 Å². The Labute approximate surface area is 144 Å². The third kappa shape index (κ3) is 3.28. The van der Waals surface area contributed by atoms with Crippen LogP contribution < -0.4 is 9.47 Å². The van der Waals surface area contributed by atoms with Crippen LogP contribution >= 0.6 is 0 Å². The van der Waals surface area contributed by atoms with Gasteiger partial charge in [0.05, 0.1) is 19.6 Å². The number of allylic oxidation sites excluding steroid dienone is 2. The van der Waals surface area contributed by atoms with Crippen LogP contribution in [0.5, 0.6) is 11.5 Å². The Hall–Kier alpha value is -1.97. The molecule has 0 amide bonds. The first-order chi connectivity index (χ1) is 11.4. The van der Waals surface area contributed by atoms with Crippen molar-refractivity contribution in [1.29, 1.82) is 0 Å². The highest BCUT2D eigenvalue weighted by Gasteiger charge is 2.45. The molecule has 0 heterocycles. The van der Waals surface area contributed by atoms with E-state index in [1.54, 1.807) is 14.2 Å². The molecule has 0 aliphatic heterocycles. The maximum absolute atomic E-state index is 12.0. The molecule has 0 radical (unpaired) electrons. The smallest absolute Gasteiger partial charge is 0.310 e. The number of carbonyl (C=O) groups is 1. The molecule has 132 valence electrons. The third-order valence-electron chi connectivity index (χ3n) is 5.12. The second kappa shape index (κ2) is 7.29. The van der Waals surface area contributed by atoms with Crippen molar-refractivity contribution in [3.8, 4) is 11.5 Å². The molecule has 1 aliphatic rings. The molecule has 0 saturated heterocycles. The van der Waals surface area contributed by atoms with Gasteiger partial charge in [0.1, 0.15) is 11.5 Å². The molecular formula is C20H28O4. The van der Waals surface area contributed by atoms with Crippen LogP contribution in [0.1, 0.15) is 57.1 Å². The van der Waals surface area contributed by atoms with E-state index in [-0.39, 0.29) is 5.92 Å². The highest BCUT2D eigenvalue weighted by molar-refractivity contribution is 5.77. The molecule has 1 N–H and O–H groups in total. The topological polar surface area (TPSA) is 55.8 Å². The minimum absolute atomic E-state index is 0.274. The van der Waals surface area contributed by atoms with Gasteiger partial charge in [0.2, 0.25) is 0 Å². The number of methoxy groups -OCH3 is 2. The monoisotopic (exact) mass is 332 g/mol. The summed E-state index contributed by atoms with van der Waals surface area (Å²) in [7, 11) is 3.26. The number of ether oxygens (including phenoxy) is 2. The van der Waals surface area contributed by atoms with E-state index in [1.807, 2.05) is 19.1 Å². The molecule has 2 rings (SSSR count). The lowest BCUT2D eigenvalue weighted by Crippen LogP contribution is -2.36. The highest BCUT2D eigenvalue weighted by atomic mass is 16.5. The van der Waals surface area contributed by atoms with Gasteiger partial charge in [0.15, 0.2) is 0 Å². The fourth-order valence-electron chi connectivity index (χ4n) is 3.54. The van der Waals surface area contributed by atoms with Crippen molar-refractivity contribution in [2.24, 2.45) is 5.41 Å². The first-order valence-corrected chi connectivity index (χ1v) is 8.52. The molecule has 0 spiro atoms. The van der Waals surface area contributed by atoms with Gasteiger partial charge < -0.3 is 14.6 Å². The first kappa shape index (κ1) is 18.4. The van der Waals surface area contributed by atoms with Gasteiger partial charge in [-0.3, -0.25) is 4.79 Å². The Morgan fingerprint density at radius 2 is 1.88 bits per heavy atom. The molecule has 0 bridgehead atoms. The van der Waals surface area contributed by atoms with E-state index in [2.05, 4.69) is 19.9 Å². The van der Waals surface area contributed by atoms with E-state index >= 15 is 0 Å². The Balaban J connectivity index is 2.67. The quantitative estimate of drug-likeness (QED) is 0.775. The molecular weight excluding hydrogens is 304 g/mol. The number of hydrogen-bond donors (Lipinski definition) is 1. The van der Waals surface area contributed by atoms with Crippen molar-refractivity contribution < 1.29 is 19.4 Å². The first-order valence-electron chi connectivity index (χ1n) is 8.52. The predicted octanol–water partition coefficient (Wildman–Crippen LogP) is 4.57. The number of carboxylic acids is 1. The molecule has 1 aromatic carbocycles. The minimum Gasteiger partial charge on any atom is -0.496 e. The number of hydrogen-bond acceptors (Lipinski definition) is 3. The SMILES string of the molecule is CCCc1cc(OC)c([C@H]2C=C(C)CC[C@@]2(C)C(=O)O)c(OC)c1. The summed E-state index contributed by atoms with van der Waals surface area (Å²) < 4.78 is 11.3. The van der Waals surface area contributed by atoms with Crippen molar-refractivity contribution in [3.05, 3.63) is 34.9 Å². The predicted molar refractivity (Wildman–Crippen MR) is 95.0 cm³/mol. The molecule has 1 aliphatic carbocycles. The Kier molecular flexibility index (Phi) is 5.58. The second-order valence-electron chi connectivity index (χ2n) is 6.88. The summed E-state index contributed by atoms with van der Waals surface area (Å²) in [5.74, 6) is 0.366. The molecule has 2 atom stereocenters. The van der Waals surface area contributed by atoms with Crippen molar-refractivity contribution in [1.82, 2.24) is 0 Å². The lowest BCUT2D eigenvalue weighted by molar-refractivity contribution is -0.149. The summed E-state index contributed by atoms with van der Waals surface area (Å²) >= 11 is 0. The summed E-state index contributed by atoms with van der Waals surface area (Å²) in [6.07, 6.45) is 5.44. The zero-order valence-corrected chi connectivity index (χ0v) is 15.3. The van der Waals surface area contributed by atoms with Crippen LogP contribution in [0.15, 0.2) is 23.8 Å². The van der Waals surface area contributed by atoms with E-state index < -0.39 is 11.4 Å². The third-order valence-corrected chi connectivity index (χ3v) is 5.12. The average Bonchev–Trinajstić information content (AvgIpc) is 2.56. The van der Waals surface area contributed by atoms with Gasteiger partial charge in [-0.2, -0.15) is 0 Å². The maximum atomic E-state index is 12.0. The average molecular weight is 332 g/mol. The number of aliphatic carboxylic acids is 1. The normalized spacial score (nSPS) is 23.5. The van der Waals surface area contributed by atoms with E-state index in [9.17, 15) is 9.90 Å². The number of carboxylic acid groups (broad SMARTS) is 1. The standard InChI is InChI=1S/C20H28O4/c1-6-7-14-11-16(23-4)18(17(12-14)24-5)15-10-13(2)8-9-20(15,3)19(21)22/h10-12,15H,6-9H2,1-5H3,(H,21,22)/t15-,20-/m1/s1. The summed E-state index contributed by atoms with van der Waals surface area (Å²) in [5, 5.41) is 9.87. The molecule has 0 aromatic heterocycles. The molecule has 24 heavy (non-hydrogen) atoms. The van der Waals surface area contributed by atoms with Gasteiger partial charge in [-0.15, -0.1) is 0 Å². The summed E-state index contributed by atoms with van der Waals surface area (Å²) in [4.78, 5) is 12.0. The van der Waals surface area contributed by atoms with E-state index in [1.165, 1.54) is 5.57 Å². The number of rotatable bonds is 6. The van der Waals surface area contributed by atoms with Crippen LogP contribution in [0, 0.1) is 5.41 Å². The van der Waals surface area contributed by atoms with Gasteiger partial charge >= 0.3 is 5.97 Å². The number of aryl methyl sites for hydroxylation is 1. The molecule has 0 fully saturated rings. The van der Waals surface area contributed by atoms with Crippen LogP contribution in [0.4, 0.5) is 0 Å². The molecule has 1 aromatic rings. The lowest BCUT2D eigenvalue weighted by Gasteiger charge is -2.37. The van der Waals surface area contributed by atoms with Gasteiger partial charge in [0.25, 0.3) is 0 Å². The Bertz CT molecular complexity index is 622. The maximum Gasteiger partial charge on any atom is 0.310 e. The summed E-state index contributed by atoms with van der Waals surface area (Å²) in [5.41, 5.74) is 2.32. The van der Waals surface area contributed by atoms with Gasteiger partial charge in [-0.1, -0.05) is 25.0 Å². The largest absolute Gasteiger partial charge is 0.496 e. The van der Waals surface area contributed by atoms with Gasteiger partial charge in [-0.25, -0.2) is 0 Å². The van der Waals surface area contributed by atoms with E-state index in [4.69, 9.17) is 9.47 Å². The molecule has 0 unspecified atom stereocenters. The molecule has 0 saturated carbocycles. The summed E-state index contributed by atoms with van der Waals surface area (Å²) in [6.45, 7) is 6.00. The second-order valence-corrected chi connectivity index (χ2v) is 6.88. The van der Waals surface area contributed by atoms with Crippen molar-refractivity contribution in [3.63, 3.8) is 0 Å². The van der Waals surface area contributed by atoms with Gasteiger partial charge in [0, 0.05) is 11.5 Å². The van der Waals surface area contributed by atoms with Crippen LogP contribution in [-0.2, 0) is 11.2 Å². The Morgan fingerprint density at radius 3 is 2.33 bits per heavy atom. The van der Waals surface area contributed by atoms with Crippen LogP contribution in [-0.4, -0.2) is 25.3 Å². The fraction of sp³-hybridized carbons (Fsp3) is 0.550. The van der Waals surface area contributed by atoms with Crippen molar-refractivity contribution in [2.75, 3.05) is 14.2 Å². The van der Waals surface area contributed by atoms with Crippen LogP contribution in [0.2, 0.25) is 0 Å². The minimum atomic E-state index is -0.869. The Morgan fingerprint density at radius 1 is 1.29 bits per heavy atom. The highest BCUT2D eigenvalue weighted by Crippen LogP contribution is 2.51. The zero-order chi connectivity index (χ0) is 17.9. The van der Waals surface area contributed by atoms with E-state index in [0.29, 0.717) is 17.9 Å².